The molecule has 0 bridgehead atoms. The van der Waals surface area contributed by atoms with Crippen LogP contribution in [0.15, 0.2) is 189 Å². The summed E-state index contributed by atoms with van der Waals surface area (Å²) < 4.78 is 0.943. The Morgan fingerprint density at radius 2 is 0.830 bits per heavy atom. The predicted octanol–water partition coefficient (Wildman–Crippen LogP) is 7.43. The van der Waals surface area contributed by atoms with E-state index in [-0.39, 0.29) is 18.3 Å². The average Bonchev–Trinajstić information content (AvgIpc) is 3.11. The van der Waals surface area contributed by atoms with Gasteiger partial charge in [0.2, 0.25) is 0 Å². The van der Waals surface area contributed by atoms with Gasteiger partial charge in [-0.1, -0.05) is 120 Å². The molecule has 0 unspecified atom stereocenters. The van der Waals surface area contributed by atoms with E-state index in [2.05, 4.69) is 78.1 Å². The van der Waals surface area contributed by atoms with Crippen molar-refractivity contribution in [2.24, 2.45) is 0 Å². The van der Waals surface area contributed by atoms with Gasteiger partial charge in [-0.05, 0) is 97.1 Å². The van der Waals surface area contributed by atoms with Crippen molar-refractivity contribution in [2.75, 3.05) is 0 Å². The van der Waals surface area contributed by atoms with E-state index in [1.54, 1.807) is 23.5 Å². The first-order valence-corrected chi connectivity index (χ1v) is 18.8. The first-order valence-electron chi connectivity index (χ1n) is 14.6. The van der Waals surface area contributed by atoms with Crippen LogP contribution in [0.4, 0.5) is 0 Å². The van der Waals surface area contributed by atoms with Crippen LogP contribution in [-0.2, 0) is 0 Å². The van der Waals surface area contributed by atoms with Gasteiger partial charge < -0.3 is 12.4 Å². The predicted molar refractivity (Wildman–Crippen MR) is 201 cm³/mol. The maximum absolute atomic E-state index is 14.3. The third kappa shape index (κ3) is 8.16. The summed E-state index contributed by atoms with van der Waals surface area (Å²) in [7, 11) is -2.73. The van der Waals surface area contributed by atoms with Crippen LogP contribution in [0.5, 0.6) is 0 Å². The summed E-state index contributed by atoms with van der Waals surface area (Å²) in [6.07, 6.45) is 0. The first-order chi connectivity index (χ1) is 22.5. The molecule has 6 aromatic rings. The minimum absolute atomic E-state index is 0. The summed E-state index contributed by atoms with van der Waals surface area (Å²) in [6, 6.07) is 56.6. The second kappa shape index (κ2) is 16.6. The highest BCUT2D eigenvalue weighted by Gasteiger charge is 2.52. The van der Waals surface area contributed by atoms with Gasteiger partial charge in [0.15, 0.2) is 12.7 Å². The van der Waals surface area contributed by atoms with Crippen LogP contribution in [0.25, 0.3) is 0 Å². The van der Waals surface area contributed by atoms with E-state index in [1.807, 2.05) is 97.1 Å². The molecule has 0 saturated carbocycles. The van der Waals surface area contributed by atoms with E-state index in [0.29, 0.717) is 15.6 Å². The third-order valence-corrected chi connectivity index (χ3v) is 14.6. The van der Waals surface area contributed by atoms with Crippen molar-refractivity contribution in [3.05, 3.63) is 195 Å². The molecular weight excluding hydrogens is 700 g/mol. The molecule has 0 atom stereocenters. The van der Waals surface area contributed by atoms with Gasteiger partial charge in [-0.2, -0.15) is 0 Å². The fraction of sp³-hybridized carbons (Fsp3) is 0. The van der Waals surface area contributed by atoms with E-state index < -0.39 is 7.26 Å². The summed E-state index contributed by atoms with van der Waals surface area (Å²) in [5, 5.41) is 8.24. The smallest absolute Gasteiger partial charge is 0.258 e. The van der Waals surface area contributed by atoms with Crippen molar-refractivity contribution < 1.29 is 17.2 Å². The standard InChI is InChI=1S/C39H28Cl2NOPS2.ClH/c40-30-21-25-35(26-22-30)45-39(46-36-27-23-31(41)24-28-36)38(42-37(43)29-13-5-1-6-14-29)44(32-15-7-2-8-16-32,33-17-9-3-10-18-33)34-19-11-4-12-20-34;/h1-28H;1H. The Morgan fingerprint density at radius 3 is 1.19 bits per heavy atom. The number of hydrogen-bond donors (Lipinski definition) is 1. The Labute approximate surface area is 301 Å². The van der Waals surface area contributed by atoms with E-state index in [1.165, 1.54) is 0 Å². The fourth-order valence-corrected chi connectivity index (χ4v) is 12.6. The van der Waals surface area contributed by atoms with Gasteiger partial charge in [-0.15, -0.1) is 0 Å². The van der Waals surface area contributed by atoms with Crippen LogP contribution >= 0.6 is 54.0 Å². The van der Waals surface area contributed by atoms with Crippen molar-refractivity contribution in [3.8, 4) is 0 Å². The Hall–Kier alpha value is -3.47. The number of amides is 1. The lowest BCUT2D eigenvalue weighted by Gasteiger charge is -2.31. The van der Waals surface area contributed by atoms with Crippen LogP contribution in [-0.4, -0.2) is 5.91 Å². The van der Waals surface area contributed by atoms with Gasteiger partial charge in [-0.25, -0.2) is 0 Å². The van der Waals surface area contributed by atoms with Gasteiger partial charge in [0, 0.05) is 25.4 Å². The van der Waals surface area contributed by atoms with Crippen molar-refractivity contribution in [1.82, 2.24) is 5.32 Å². The molecule has 0 aliphatic heterocycles. The molecule has 234 valence electrons. The number of carbonyl (C=O) groups excluding carboxylic acids is 1. The molecule has 6 aromatic carbocycles. The molecular formula is C39H29Cl3NOPS2. The van der Waals surface area contributed by atoms with Crippen LogP contribution in [0.2, 0.25) is 10.0 Å². The Kier molecular flexibility index (Phi) is 12.3. The van der Waals surface area contributed by atoms with E-state index in [4.69, 9.17) is 23.2 Å². The molecule has 0 heterocycles. The van der Waals surface area contributed by atoms with Crippen LogP contribution in [0.3, 0.4) is 0 Å². The molecule has 0 spiro atoms. The zero-order valence-electron chi connectivity index (χ0n) is 25.0. The average molecular weight is 729 g/mol. The normalized spacial score (nSPS) is 10.9. The summed E-state index contributed by atoms with van der Waals surface area (Å²) in [5.74, 6) is -0.173. The molecule has 0 fully saturated rings. The number of benzene rings is 6. The second-order valence-electron chi connectivity index (χ2n) is 10.2. The lowest BCUT2D eigenvalue weighted by atomic mass is 10.2. The Balaban J connectivity index is 0.00000433. The molecule has 0 aromatic heterocycles. The fourth-order valence-electron chi connectivity index (χ4n) is 5.17. The highest BCUT2D eigenvalue weighted by Crippen LogP contribution is 2.65. The molecule has 8 heteroatoms. The van der Waals surface area contributed by atoms with Crippen LogP contribution in [0, 0.1) is 0 Å². The number of hydrogen-bond acceptors (Lipinski definition) is 3. The number of halogens is 3. The molecule has 1 N–H and O–H groups in total. The van der Waals surface area contributed by atoms with Crippen molar-refractivity contribution >= 4 is 75.8 Å². The number of carbonyl (C=O) groups is 1. The van der Waals surface area contributed by atoms with Gasteiger partial charge in [-0.3, -0.25) is 10.1 Å². The van der Waals surface area contributed by atoms with Crippen molar-refractivity contribution in [1.29, 1.82) is 0 Å². The molecule has 1 amide bonds. The summed E-state index contributed by atoms with van der Waals surface area (Å²) >= 11 is 15.9. The molecule has 0 saturated heterocycles. The molecule has 0 radical (unpaired) electrons. The minimum Gasteiger partial charge on any atom is -1.00 e. The van der Waals surface area contributed by atoms with Crippen molar-refractivity contribution in [2.45, 2.75) is 9.79 Å². The summed E-state index contributed by atoms with van der Waals surface area (Å²) in [6.45, 7) is 0. The van der Waals surface area contributed by atoms with Gasteiger partial charge in [0.05, 0.1) is 0 Å². The maximum Gasteiger partial charge on any atom is 0.258 e. The molecule has 0 aliphatic carbocycles. The van der Waals surface area contributed by atoms with Gasteiger partial charge >= 0.3 is 0 Å². The lowest BCUT2D eigenvalue weighted by molar-refractivity contribution is -0.0000168. The number of thioether (sulfide) groups is 2. The van der Waals surface area contributed by atoms with Gasteiger partial charge in [0.25, 0.3) is 5.91 Å². The second-order valence-corrected chi connectivity index (χ2v) is 16.9. The quantitative estimate of drug-likeness (QED) is 0.118. The van der Waals surface area contributed by atoms with Crippen LogP contribution in [0.1, 0.15) is 10.4 Å². The Morgan fingerprint density at radius 1 is 0.489 bits per heavy atom. The topological polar surface area (TPSA) is 29.1 Å². The van der Waals surface area contributed by atoms with E-state index in [9.17, 15) is 4.79 Å². The summed E-state index contributed by atoms with van der Waals surface area (Å²) in [4.78, 5) is 16.3. The molecule has 0 aliphatic rings. The summed E-state index contributed by atoms with van der Waals surface area (Å²) in [5.41, 5.74) is 1.43. The zero-order valence-corrected chi connectivity index (χ0v) is 29.8. The van der Waals surface area contributed by atoms with E-state index in [0.717, 1.165) is 35.4 Å². The molecule has 2 nitrogen and oxygen atoms in total. The zero-order chi connectivity index (χ0) is 31.8. The number of nitrogens with one attached hydrogen (secondary N) is 1. The minimum atomic E-state index is -2.73. The lowest BCUT2D eigenvalue weighted by Crippen LogP contribution is -3.00. The monoisotopic (exact) mass is 727 g/mol. The van der Waals surface area contributed by atoms with Crippen molar-refractivity contribution in [3.63, 3.8) is 0 Å². The largest absolute Gasteiger partial charge is 1.00 e. The molecule has 6 rings (SSSR count). The maximum atomic E-state index is 14.3. The molecule has 47 heavy (non-hydrogen) atoms. The highest BCUT2D eigenvalue weighted by atomic mass is 35.5. The van der Waals surface area contributed by atoms with E-state index >= 15 is 0 Å². The van der Waals surface area contributed by atoms with Crippen LogP contribution < -0.4 is 33.6 Å². The van der Waals surface area contributed by atoms with Gasteiger partial charge in [0.1, 0.15) is 20.2 Å². The first kappa shape index (κ1) is 34.9. The SMILES string of the molecule is O=C(NC(=C(Sc1ccc(Cl)cc1)Sc1ccc(Cl)cc1)[P+](c1ccccc1)(c1ccccc1)c1ccccc1)c1ccccc1.[Cl-]. The highest BCUT2D eigenvalue weighted by molar-refractivity contribution is 8.23. The number of rotatable bonds is 10. The Bertz CT molecular complexity index is 1780. The third-order valence-electron chi connectivity index (χ3n) is 7.28.